The monoisotopic (exact) mass is 145 g/mol. The van der Waals surface area contributed by atoms with Gasteiger partial charge >= 0.3 is 0 Å². The Morgan fingerprint density at radius 2 is 2.30 bits per heavy atom. The van der Waals surface area contributed by atoms with Crippen LogP contribution in [0.1, 0.15) is 26.2 Å². The number of nitrogens with one attached hydrogen (secondary N) is 1. The van der Waals surface area contributed by atoms with Crippen LogP contribution in [0.3, 0.4) is 0 Å². The van der Waals surface area contributed by atoms with Crippen molar-refractivity contribution in [2.75, 3.05) is 19.8 Å². The van der Waals surface area contributed by atoms with Crippen molar-refractivity contribution in [2.45, 2.75) is 26.2 Å². The first kappa shape index (κ1) is 7.99. The molecule has 0 amide bonds. The molecule has 1 saturated heterocycles. The topological polar surface area (TPSA) is 12.0 Å². The quantitative estimate of drug-likeness (QED) is 0.592. The summed E-state index contributed by atoms with van der Waals surface area (Å²) >= 11 is 0. The number of rotatable bonds is 1. The lowest BCUT2D eigenvalue weighted by Crippen LogP contribution is -2.31. The summed E-state index contributed by atoms with van der Waals surface area (Å²) in [5.41, 5.74) is -0.0729. The first-order chi connectivity index (χ1) is 4.77. The van der Waals surface area contributed by atoms with Crippen molar-refractivity contribution < 1.29 is 4.39 Å². The zero-order valence-corrected chi connectivity index (χ0v) is 6.62. The Morgan fingerprint density at radius 3 is 3.00 bits per heavy atom. The van der Waals surface area contributed by atoms with Gasteiger partial charge in [-0.3, -0.25) is 4.39 Å². The van der Waals surface area contributed by atoms with E-state index in [2.05, 4.69) is 5.32 Å². The smallest absolute Gasteiger partial charge is 0.0960 e. The Morgan fingerprint density at radius 1 is 1.50 bits per heavy atom. The zero-order chi connectivity index (χ0) is 7.45. The Hall–Kier alpha value is -0.110. The van der Waals surface area contributed by atoms with Gasteiger partial charge in [-0.1, -0.05) is 13.3 Å². The number of hydrogen-bond acceptors (Lipinski definition) is 1. The number of halogens is 1. The third kappa shape index (κ3) is 1.94. The molecule has 0 radical (unpaired) electrons. The molecule has 0 saturated carbocycles. The van der Waals surface area contributed by atoms with E-state index in [0.717, 1.165) is 19.5 Å². The van der Waals surface area contributed by atoms with E-state index in [1.54, 1.807) is 0 Å². The summed E-state index contributed by atoms with van der Waals surface area (Å²) in [6.45, 7) is 3.75. The Labute approximate surface area is 62.0 Å². The van der Waals surface area contributed by atoms with Crippen LogP contribution in [0.15, 0.2) is 0 Å². The predicted octanol–water partition coefficient (Wildman–Crippen LogP) is 1.74. The van der Waals surface area contributed by atoms with E-state index in [0.29, 0.717) is 0 Å². The summed E-state index contributed by atoms with van der Waals surface area (Å²) in [5.74, 6) is 0. The van der Waals surface area contributed by atoms with Gasteiger partial charge in [-0.05, 0) is 19.4 Å². The third-order valence-corrected chi connectivity index (χ3v) is 2.26. The normalized spacial score (nSPS) is 35.4. The zero-order valence-electron chi connectivity index (χ0n) is 6.62. The summed E-state index contributed by atoms with van der Waals surface area (Å²) in [4.78, 5) is 0. The highest BCUT2D eigenvalue weighted by molar-refractivity contribution is 4.78. The average Bonchev–Trinajstić information content (AvgIpc) is 2.15. The van der Waals surface area contributed by atoms with E-state index in [1.807, 2.05) is 6.92 Å². The molecule has 0 aliphatic carbocycles. The Kier molecular flexibility index (Phi) is 2.66. The number of hydrogen-bond donors (Lipinski definition) is 1. The predicted molar refractivity (Wildman–Crippen MR) is 40.8 cm³/mol. The Balaban J connectivity index is 2.41. The second-order valence-electron chi connectivity index (χ2n) is 3.58. The van der Waals surface area contributed by atoms with E-state index < -0.39 is 0 Å². The van der Waals surface area contributed by atoms with Gasteiger partial charge in [-0.15, -0.1) is 0 Å². The van der Waals surface area contributed by atoms with Crippen molar-refractivity contribution in [2.24, 2.45) is 5.41 Å². The molecule has 1 nitrogen and oxygen atoms in total. The lowest BCUT2D eigenvalue weighted by Gasteiger charge is -2.23. The highest BCUT2D eigenvalue weighted by Gasteiger charge is 2.24. The SMILES string of the molecule is CC1(CF)CCCCNC1. The minimum Gasteiger partial charge on any atom is -0.316 e. The molecule has 0 spiro atoms. The van der Waals surface area contributed by atoms with Crippen molar-refractivity contribution in [3.05, 3.63) is 0 Å². The lowest BCUT2D eigenvalue weighted by molar-refractivity contribution is 0.216. The van der Waals surface area contributed by atoms with Gasteiger partial charge in [0, 0.05) is 12.0 Å². The molecule has 0 aromatic rings. The van der Waals surface area contributed by atoms with E-state index in [-0.39, 0.29) is 12.1 Å². The van der Waals surface area contributed by atoms with E-state index in [1.165, 1.54) is 12.8 Å². The van der Waals surface area contributed by atoms with Crippen molar-refractivity contribution in [3.8, 4) is 0 Å². The van der Waals surface area contributed by atoms with Crippen LogP contribution in [0.25, 0.3) is 0 Å². The molecule has 1 N–H and O–H groups in total. The highest BCUT2D eigenvalue weighted by atomic mass is 19.1. The maximum atomic E-state index is 12.4. The van der Waals surface area contributed by atoms with Gasteiger partial charge in [0.05, 0.1) is 6.67 Å². The van der Waals surface area contributed by atoms with E-state index in [4.69, 9.17) is 0 Å². The van der Waals surface area contributed by atoms with Crippen LogP contribution in [0.4, 0.5) is 4.39 Å². The molecule has 1 heterocycles. The van der Waals surface area contributed by atoms with Crippen LogP contribution < -0.4 is 5.32 Å². The fraction of sp³-hybridized carbons (Fsp3) is 1.00. The van der Waals surface area contributed by atoms with Crippen LogP contribution in [0, 0.1) is 5.41 Å². The molecule has 1 atom stereocenters. The molecule has 2 heteroatoms. The first-order valence-corrected chi connectivity index (χ1v) is 4.04. The molecular formula is C8H16FN. The molecular weight excluding hydrogens is 129 g/mol. The molecule has 0 aromatic carbocycles. The van der Waals surface area contributed by atoms with Crippen LogP contribution >= 0.6 is 0 Å². The highest BCUT2D eigenvalue weighted by Crippen LogP contribution is 2.25. The molecule has 0 bridgehead atoms. The number of alkyl halides is 1. The van der Waals surface area contributed by atoms with Crippen molar-refractivity contribution in [1.82, 2.24) is 5.32 Å². The van der Waals surface area contributed by atoms with E-state index >= 15 is 0 Å². The van der Waals surface area contributed by atoms with Gasteiger partial charge < -0.3 is 5.32 Å². The van der Waals surface area contributed by atoms with Crippen molar-refractivity contribution in [3.63, 3.8) is 0 Å². The van der Waals surface area contributed by atoms with Gasteiger partial charge in [0.2, 0.25) is 0 Å². The van der Waals surface area contributed by atoms with Crippen molar-refractivity contribution in [1.29, 1.82) is 0 Å². The first-order valence-electron chi connectivity index (χ1n) is 4.04. The second-order valence-corrected chi connectivity index (χ2v) is 3.58. The lowest BCUT2D eigenvalue weighted by atomic mass is 9.87. The largest absolute Gasteiger partial charge is 0.316 e. The summed E-state index contributed by atoms with van der Waals surface area (Å²) in [7, 11) is 0. The second kappa shape index (κ2) is 3.33. The fourth-order valence-electron chi connectivity index (χ4n) is 1.39. The third-order valence-electron chi connectivity index (χ3n) is 2.26. The van der Waals surface area contributed by atoms with Gasteiger partial charge in [0.1, 0.15) is 0 Å². The summed E-state index contributed by atoms with van der Waals surface area (Å²) in [6, 6.07) is 0. The van der Waals surface area contributed by atoms with Crippen LogP contribution in [0.2, 0.25) is 0 Å². The maximum absolute atomic E-state index is 12.4. The van der Waals surface area contributed by atoms with E-state index in [9.17, 15) is 4.39 Å². The van der Waals surface area contributed by atoms with Gasteiger partial charge in [0.25, 0.3) is 0 Å². The molecule has 60 valence electrons. The van der Waals surface area contributed by atoms with Gasteiger partial charge in [0.15, 0.2) is 0 Å². The Bertz CT molecular complexity index is 95.4. The molecule has 1 aliphatic heterocycles. The fourth-order valence-corrected chi connectivity index (χ4v) is 1.39. The summed E-state index contributed by atoms with van der Waals surface area (Å²) in [6.07, 6.45) is 3.42. The van der Waals surface area contributed by atoms with Crippen LogP contribution in [0.5, 0.6) is 0 Å². The average molecular weight is 145 g/mol. The molecule has 1 aliphatic rings. The van der Waals surface area contributed by atoms with Crippen LogP contribution in [-0.2, 0) is 0 Å². The summed E-state index contributed by atoms with van der Waals surface area (Å²) in [5, 5.41) is 3.25. The summed E-state index contributed by atoms with van der Waals surface area (Å²) < 4.78 is 12.4. The molecule has 10 heavy (non-hydrogen) atoms. The van der Waals surface area contributed by atoms with Gasteiger partial charge in [-0.2, -0.15) is 0 Å². The molecule has 0 aromatic heterocycles. The standard InChI is InChI=1S/C8H16FN/c1-8(6-9)4-2-3-5-10-7-8/h10H,2-7H2,1H3. The van der Waals surface area contributed by atoms with Crippen LogP contribution in [-0.4, -0.2) is 19.8 Å². The molecule has 1 fully saturated rings. The van der Waals surface area contributed by atoms with Crippen molar-refractivity contribution >= 4 is 0 Å². The minimum atomic E-state index is -0.181. The maximum Gasteiger partial charge on any atom is 0.0960 e. The van der Waals surface area contributed by atoms with Gasteiger partial charge in [-0.25, -0.2) is 0 Å². The molecule has 1 unspecified atom stereocenters. The molecule has 1 rings (SSSR count). The minimum absolute atomic E-state index is 0.0729.